The second-order valence-electron chi connectivity index (χ2n) is 4.15. The maximum Gasteiger partial charge on any atom is 0.168 e. The molecule has 1 rings (SSSR count). The summed E-state index contributed by atoms with van der Waals surface area (Å²) in [6.07, 6.45) is 2.07. The maximum atomic E-state index is 13.2. The number of nitrogens with zero attached hydrogens (tertiary/aromatic N) is 2. The van der Waals surface area contributed by atoms with Crippen molar-refractivity contribution >= 4 is 5.82 Å². The summed E-state index contributed by atoms with van der Waals surface area (Å²) in [7, 11) is 2.02. The van der Waals surface area contributed by atoms with Gasteiger partial charge in [-0.1, -0.05) is 6.92 Å². The molecule has 0 spiro atoms. The molecular formula is C12H19F2N3. The van der Waals surface area contributed by atoms with Crippen molar-refractivity contribution < 1.29 is 8.78 Å². The van der Waals surface area contributed by atoms with Crippen molar-refractivity contribution in [3.63, 3.8) is 0 Å². The minimum atomic E-state index is -0.662. The summed E-state index contributed by atoms with van der Waals surface area (Å²) in [5.74, 6) is -1.22. The molecule has 1 unspecified atom stereocenters. The van der Waals surface area contributed by atoms with E-state index in [0.717, 1.165) is 25.2 Å². The molecule has 1 atom stereocenters. The highest BCUT2D eigenvalue weighted by atomic mass is 19.1. The molecule has 0 saturated carbocycles. The number of likely N-dealkylation sites (N-methyl/N-ethyl adjacent to an activating group) is 1. The molecule has 0 bridgehead atoms. The Bertz CT molecular complexity index is 358. The number of aromatic nitrogens is 1. The molecule has 5 heteroatoms. The van der Waals surface area contributed by atoms with Gasteiger partial charge < -0.3 is 10.2 Å². The topological polar surface area (TPSA) is 28.2 Å². The van der Waals surface area contributed by atoms with E-state index in [-0.39, 0.29) is 5.82 Å². The van der Waals surface area contributed by atoms with E-state index in [2.05, 4.69) is 29.0 Å². The average Bonchev–Trinajstić information content (AvgIpc) is 2.30. The lowest BCUT2D eigenvalue weighted by Gasteiger charge is -2.23. The summed E-state index contributed by atoms with van der Waals surface area (Å²) >= 11 is 0. The molecule has 0 aliphatic heterocycles. The maximum absolute atomic E-state index is 13.2. The molecule has 1 heterocycles. The summed E-state index contributed by atoms with van der Waals surface area (Å²) in [6.45, 7) is 5.62. The van der Waals surface area contributed by atoms with Crippen LogP contribution in [0.3, 0.4) is 0 Å². The van der Waals surface area contributed by atoms with E-state index in [1.54, 1.807) is 0 Å². The van der Waals surface area contributed by atoms with Crippen molar-refractivity contribution in [3.05, 3.63) is 23.9 Å². The Hall–Kier alpha value is -1.23. The number of rotatable bonds is 6. The highest BCUT2D eigenvalue weighted by Gasteiger charge is 2.07. The number of nitrogens with one attached hydrogen (secondary N) is 1. The Morgan fingerprint density at radius 3 is 2.76 bits per heavy atom. The lowest BCUT2D eigenvalue weighted by Crippen LogP contribution is -2.32. The predicted octanol–water partition coefficient (Wildman–Crippen LogP) is 2.50. The molecular weight excluding hydrogens is 224 g/mol. The van der Waals surface area contributed by atoms with Crippen LogP contribution in [0, 0.1) is 11.6 Å². The average molecular weight is 243 g/mol. The van der Waals surface area contributed by atoms with Gasteiger partial charge in [0, 0.05) is 25.2 Å². The Balaban J connectivity index is 2.40. The van der Waals surface area contributed by atoms with Gasteiger partial charge in [0.05, 0.1) is 6.20 Å². The van der Waals surface area contributed by atoms with Crippen LogP contribution in [0.4, 0.5) is 14.6 Å². The van der Waals surface area contributed by atoms with E-state index in [9.17, 15) is 8.78 Å². The molecule has 0 fully saturated rings. The van der Waals surface area contributed by atoms with Crippen molar-refractivity contribution in [2.45, 2.75) is 26.3 Å². The third-order valence-corrected chi connectivity index (χ3v) is 2.91. The second-order valence-corrected chi connectivity index (χ2v) is 4.15. The highest BCUT2D eigenvalue weighted by molar-refractivity contribution is 5.35. The first-order valence-electron chi connectivity index (χ1n) is 5.79. The normalized spacial score (nSPS) is 12.8. The van der Waals surface area contributed by atoms with Crippen LogP contribution in [0.5, 0.6) is 0 Å². The Labute approximate surface area is 101 Å². The van der Waals surface area contributed by atoms with Crippen molar-refractivity contribution in [3.8, 4) is 0 Å². The summed E-state index contributed by atoms with van der Waals surface area (Å²) in [6, 6.07) is 1.32. The van der Waals surface area contributed by atoms with E-state index in [1.807, 2.05) is 7.05 Å². The second kappa shape index (κ2) is 6.49. The van der Waals surface area contributed by atoms with Gasteiger partial charge in [-0.15, -0.1) is 0 Å². The van der Waals surface area contributed by atoms with Crippen LogP contribution >= 0.6 is 0 Å². The van der Waals surface area contributed by atoms with Gasteiger partial charge in [-0.25, -0.2) is 13.8 Å². The zero-order valence-electron chi connectivity index (χ0n) is 10.5. The van der Waals surface area contributed by atoms with E-state index in [4.69, 9.17) is 0 Å². The molecule has 96 valence electrons. The van der Waals surface area contributed by atoms with Gasteiger partial charge in [0.15, 0.2) is 11.6 Å². The molecule has 0 saturated heterocycles. The first-order valence-corrected chi connectivity index (χ1v) is 5.79. The molecule has 0 amide bonds. The molecule has 0 aliphatic carbocycles. The van der Waals surface area contributed by atoms with Crippen LogP contribution in [-0.4, -0.2) is 36.1 Å². The van der Waals surface area contributed by atoms with Gasteiger partial charge in [-0.2, -0.15) is 0 Å². The van der Waals surface area contributed by atoms with Crippen molar-refractivity contribution in [2.24, 2.45) is 0 Å². The third kappa shape index (κ3) is 4.26. The first kappa shape index (κ1) is 13.8. The molecule has 1 aromatic heterocycles. The summed E-state index contributed by atoms with van der Waals surface area (Å²) in [5, 5.41) is 2.86. The largest absolute Gasteiger partial charge is 0.366 e. The molecule has 0 radical (unpaired) electrons. The van der Waals surface area contributed by atoms with E-state index in [0.29, 0.717) is 12.6 Å². The van der Waals surface area contributed by atoms with Crippen molar-refractivity contribution in [2.75, 3.05) is 25.5 Å². The molecule has 1 N–H and O–H groups in total. The number of hydrogen-bond acceptors (Lipinski definition) is 3. The van der Waals surface area contributed by atoms with Crippen LogP contribution in [0.25, 0.3) is 0 Å². The van der Waals surface area contributed by atoms with Crippen LogP contribution in [-0.2, 0) is 0 Å². The van der Waals surface area contributed by atoms with Crippen LogP contribution < -0.4 is 5.32 Å². The van der Waals surface area contributed by atoms with Crippen LogP contribution in [0.2, 0.25) is 0 Å². The van der Waals surface area contributed by atoms with Gasteiger partial charge in [-0.05, 0) is 20.4 Å². The highest BCUT2D eigenvalue weighted by Crippen LogP contribution is 2.10. The minimum Gasteiger partial charge on any atom is -0.366 e. The quantitative estimate of drug-likeness (QED) is 0.832. The summed E-state index contributed by atoms with van der Waals surface area (Å²) in [4.78, 5) is 5.84. The zero-order chi connectivity index (χ0) is 12.8. The number of halogens is 2. The third-order valence-electron chi connectivity index (χ3n) is 2.91. The Kier molecular flexibility index (Phi) is 5.28. The number of hydrogen-bond donors (Lipinski definition) is 1. The zero-order valence-corrected chi connectivity index (χ0v) is 10.5. The standard InChI is InChI=1S/C12H19F2N3/c1-4-9(2)17(3)6-5-15-12-11(14)7-10(13)8-16-12/h7-9H,4-6H2,1-3H3,(H,15,16). The first-order chi connectivity index (χ1) is 8.04. The van der Waals surface area contributed by atoms with Gasteiger partial charge in [0.25, 0.3) is 0 Å². The van der Waals surface area contributed by atoms with Crippen LogP contribution in [0.1, 0.15) is 20.3 Å². The van der Waals surface area contributed by atoms with Crippen LogP contribution in [0.15, 0.2) is 12.3 Å². The predicted molar refractivity (Wildman–Crippen MR) is 65.0 cm³/mol. The Morgan fingerprint density at radius 2 is 2.18 bits per heavy atom. The summed E-state index contributed by atoms with van der Waals surface area (Å²) < 4.78 is 25.8. The van der Waals surface area contributed by atoms with Gasteiger partial charge in [0.2, 0.25) is 0 Å². The lowest BCUT2D eigenvalue weighted by atomic mass is 10.2. The smallest absolute Gasteiger partial charge is 0.168 e. The minimum absolute atomic E-state index is 0.101. The fourth-order valence-corrected chi connectivity index (χ4v) is 1.43. The van der Waals surface area contributed by atoms with Crippen molar-refractivity contribution in [1.29, 1.82) is 0 Å². The van der Waals surface area contributed by atoms with Gasteiger partial charge in [0.1, 0.15) is 5.82 Å². The van der Waals surface area contributed by atoms with E-state index in [1.165, 1.54) is 0 Å². The SMILES string of the molecule is CCC(C)N(C)CCNc1ncc(F)cc1F. The molecule has 1 aromatic rings. The molecule has 0 aliphatic rings. The Morgan fingerprint density at radius 1 is 1.47 bits per heavy atom. The fraction of sp³-hybridized carbons (Fsp3) is 0.583. The molecule has 17 heavy (non-hydrogen) atoms. The van der Waals surface area contributed by atoms with Gasteiger partial charge >= 0.3 is 0 Å². The van der Waals surface area contributed by atoms with Crippen molar-refractivity contribution in [1.82, 2.24) is 9.88 Å². The van der Waals surface area contributed by atoms with E-state index >= 15 is 0 Å². The van der Waals surface area contributed by atoms with Gasteiger partial charge in [-0.3, -0.25) is 0 Å². The number of pyridine rings is 1. The monoisotopic (exact) mass is 243 g/mol. The molecule has 3 nitrogen and oxygen atoms in total. The number of anilines is 1. The lowest BCUT2D eigenvalue weighted by molar-refractivity contribution is 0.261. The fourth-order valence-electron chi connectivity index (χ4n) is 1.43. The van der Waals surface area contributed by atoms with E-state index < -0.39 is 11.6 Å². The molecule has 0 aromatic carbocycles. The summed E-state index contributed by atoms with van der Waals surface area (Å²) in [5.41, 5.74) is 0.